The molecule has 0 fully saturated rings. The van der Waals surface area contributed by atoms with E-state index in [1.165, 1.54) is 17.0 Å². The van der Waals surface area contributed by atoms with E-state index in [0.717, 1.165) is 5.56 Å². The summed E-state index contributed by atoms with van der Waals surface area (Å²) in [5.74, 6) is -0.474. The summed E-state index contributed by atoms with van der Waals surface area (Å²) in [4.78, 5) is 12.9. The number of hydrogen-bond acceptors (Lipinski definition) is 2. The van der Waals surface area contributed by atoms with Crippen LogP contribution < -0.4 is 10.6 Å². The van der Waals surface area contributed by atoms with E-state index in [-0.39, 0.29) is 5.69 Å². The van der Waals surface area contributed by atoms with E-state index in [9.17, 15) is 9.18 Å². The molecule has 2 aromatic rings. The lowest BCUT2D eigenvalue weighted by molar-refractivity contribution is 0.251. The van der Waals surface area contributed by atoms with Crippen LogP contribution in [0.3, 0.4) is 0 Å². The zero-order valence-corrected chi connectivity index (χ0v) is 13.7. The molecule has 21 heavy (non-hydrogen) atoms. The smallest absolute Gasteiger partial charge is 0.319 e. The molecule has 0 atom stereocenters. The molecule has 0 spiro atoms. The highest BCUT2D eigenvalue weighted by atomic mass is 79.9. The Kier molecular flexibility index (Phi) is 5.64. The molecule has 0 aromatic heterocycles. The van der Waals surface area contributed by atoms with Crippen LogP contribution in [0.1, 0.15) is 5.56 Å². The van der Waals surface area contributed by atoms with Crippen LogP contribution >= 0.6 is 27.7 Å². The first-order valence-corrected chi connectivity index (χ1v) is 8.23. The highest BCUT2D eigenvalue weighted by molar-refractivity contribution is 9.10. The predicted octanol–water partition coefficient (Wildman–Crippen LogP) is 4.63. The van der Waals surface area contributed by atoms with Crippen LogP contribution in [0.2, 0.25) is 0 Å². The fourth-order valence-corrected chi connectivity index (χ4v) is 2.45. The van der Waals surface area contributed by atoms with Crippen molar-refractivity contribution in [3.05, 3.63) is 58.3 Å². The zero-order chi connectivity index (χ0) is 15.2. The van der Waals surface area contributed by atoms with Gasteiger partial charge in [-0.3, -0.25) is 0 Å². The van der Waals surface area contributed by atoms with Gasteiger partial charge in [-0.05, 0) is 42.2 Å². The fourth-order valence-electron chi connectivity index (χ4n) is 1.69. The Hall–Kier alpha value is -1.53. The number of nitrogens with one attached hydrogen (secondary N) is 2. The van der Waals surface area contributed by atoms with Gasteiger partial charge in [0.25, 0.3) is 0 Å². The maximum atomic E-state index is 13.5. The van der Waals surface area contributed by atoms with Crippen LogP contribution in [0.5, 0.6) is 0 Å². The van der Waals surface area contributed by atoms with Crippen molar-refractivity contribution in [3.63, 3.8) is 0 Å². The molecule has 2 aromatic carbocycles. The number of benzene rings is 2. The molecule has 0 aliphatic rings. The van der Waals surface area contributed by atoms with Crippen molar-refractivity contribution in [1.29, 1.82) is 0 Å². The summed E-state index contributed by atoms with van der Waals surface area (Å²) in [6.07, 6.45) is 2.01. The minimum absolute atomic E-state index is 0.139. The minimum atomic E-state index is -0.474. The van der Waals surface area contributed by atoms with Crippen molar-refractivity contribution >= 4 is 39.4 Å². The van der Waals surface area contributed by atoms with Gasteiger partial charge < -0.3 is 10.6 Å². The van der Waals surface area contributed by atoms with E-state index in [2.05, 4.69) is 26.6 Å². The number of carbonyl (C=O) groups is 1. The predicted molar refractivity (Wildman–Crippen MR) is 88.2 cm³/mol. The summed E-state index contributed by atoms with van der Waals surface area (Å²) in [5.41, 5.74) is 1.12. The average Bonchev–Trinajstić information content (AvgIpc) is 2.49. The second kappa shape index (κ2) is 7.47. The maximum absolute atomic E-state index is 13.5. The van der Waals surface area contributed by atoms with E-state index in [1.807, 2.05) is 30.5 Å². The molecule has 0 heterocycles. The summed E-state index contributed by atoms with van der Waals surface area (Å²) in [7, 11) is 0. The van der Waals surface area contributed by atoms with Crippen molar-refractivity contribution in [2.75, 3.05) is 11.6 Å². The molecule has 2 amide bonds. The molecular weight excluding hydrogens is 355 g/mol. The molecule has 110 valence electrons. The standard InChI is InChI=1S/C15H14BrFN2OS/c1-21-12-5-2-10(3-6-12)9-18-15(20)19-14-8-11(16)4-7-13(14)17/h2-8H,9H2,1H3,(H2,18,19,20). The highest BCUT2D eigenvalue weighted by Gasteiger charge is 2.07. The quantitative estimate of drug-likeness (QED) is 0.772. The van der Waals surface area contributed by atoms with Crippen molar-refractivity contribution in [3.8, 4) is 0 Å². The number of halogens is 2. The minimum Gasteiger partial charge on any atom is -0.334 e. The maximum Gasteiger partial charge on any atom is 0.319 e. The molecule has 6 heteroatoms. The summed E-state index contributed by atoms with van der Waals surface area (Å²) >= 11 is 4.90. The average molecular weight is 369 g/mol. The van der Waals surface area contributed by atoms with E-state index < -0.39 is 11.8 Å². The summed E-state index contributed by atoms with van der Waals surface area (Å²) in [5, 5.41) is 5.18. The molecule has 2 rings (SSSR count). The number of thioether (sulfide) groups is 1. The van der Waals surface area contributed by atoms with E-state index >= 15 is 0 Å². The lowest BCUT2D eigenvalue weighted by Crippen LogP contribution is -2.28. The summed E-state index contributed by atoms with van der Waals surface area (Å²) in [6, 6.07) is 11.8. The van der Waals surface area contributed by atoms with Crippen molar-refractivity contribution < 1.29 is 9.18 Å². The molecule has 0 unspecified atom stereocenters. The summed E-state index contributed by atoms with van der Waals surface area (Å²) in [6.45, 7) is 0.385. The molecule has 0 saturated carbocycles. The monoisotopic (exact) mass is 368 g/mol. The first kappa shape index (κ1) is 15.9. The second-order valence-corrected chi connectivity index (χ2v) is 6.08. The largest absolute Gasteiger partial charge is 0.334 e. The lowest BCUT2D eigenvalue weighted by atomic mass is 10.2. The van der Waals surface area contributed by atoms with Gasteiger partial charge in [-0.15, -0.1) is 11.8 Å². The van der Waals surface area contributed by atoms with Gasteiger partial charge in [0.05, 0.1) is 5.69 Å². The Morgan fingerprint density at radius 3 is 2.62 bits per heavy atom. The van der Waals surface area contributed by atoms with E-state index in [1.54, 1.807) is 17.8 Å². The van der Waals surface area contributed by atoms with Crippen LogP contribution in [-0.4, -0.2) is 12.3 Å². The first-order valence-electron chi connectivity index (χ1n) is 6.21. The lowest BCUT2D eigenvalue weighted by Gasteiger charge is -2.09. The number of urea groups is 1. The van der Waals surface area contributed by atoms with Crippen LogP contribution in [-0.2, 0) is 6.54 Å². The number of amides is 2. The van der Waals surface area contributed by atoms with Crippen molar-refractivity contribution in [1.82, 2.24) is 5.32 Å². The number of carbonyl (C=O) groups excluding carboxylic acids is 1. The number of rotatable bonds is 4. The third kappa shape index (κ3) is 4.75. The molecule has 0 bridgehead atoms. The molecule has 0 radical (unpaired) electrons. The molecule has 0 aliphatic heterocycles. The third-order valence-electron chi connectivity index (χ3n) is 2.79. The van der Waals surface area contributed by atoms with E-state index in [4.69, 9.17) is 0 Å². The first-order chi connectivity index (χ1) is 10.1. The van der Waals surface area contributed by atoms with Crippen LogP contribution in [0, 0.1) is 5.82 Å². The van der Waals surface area contributed by atoms with Gasteiger partial charge in [-0.2, -0.15) is 0 Å². The van der Waals surface area contributed by atoms with Gasteiger partial charge in [-0.25, -0.2) is 9.18 Å². The topological polar surface area (TPSA) is 41.1 Å². The Bertz CT molecular complexity index is 634. The molecule has 2 N–H and O–H groups in total. The van der Waals surface area contributed by atoms with Crippen LogP contribution in [0.4, 0.5) is 14.9 Å². The van der Waals surface area contributed by atoms with Gasteiger partial charge in [0.15, 0.2) is 0 Å². The van der Waals surface area contributed by atoms with Gasteiger partial charge in [0, 0.05) is 15.9 Å². The highest BCUT2D eigenvalue weighted by Crippen LogP contribution is 2.20. The van der Waals surface area contributed by atoms with Gasteiger partial charge in [-0.1, -0.05) is 28.1 Å². The third-order valence-corrected chi connectivity index (χ3v) is 4.03. The Morgan fingerprint density at radius 1 is 1.24 bits per heavy atom. The number of hydrogen-bond donors (Lipinski definition) is 2. The normalized spacial score (nSPS) is 10.2. The van der Waals surface area contributed by atoms with E-state index in [0.29, 0.717) is 11.0 Å². The molecule has 0 aliphatic carbocycles. The van der Waals surface area contributed by atoms with Gasteiger partial charge >= 0.3 is 6.03 Å². The van der Waals surface area contributed by atoms with Crippen molar-refractivity contribution in [2.24, 2.45) is 0 Å². The zero-order valence-electron chi connectivity index (χ0n) is 11.3. The van der Waals surface area contributed by atoms with Crippen LogP contribution in [0.25, 0.3) is 0 Å². The fraction of sp³-hybridized carbons (Fsp3) is 0.133. The van der Waals surface area contributed by atoms with Crippen LogP contribution in [0.15, 0.2) is 51.8 Å². The second-order valence-electron chi connectivity index (χ2n) is 4.28. The Labute approximate surface area is 135 Å². The number of anilines is 1. The van der Waals surface area contributed by atoms with Crippen molar-refractivity contribution in [2.45, 2.75) is 11.4 Å². The SMILES string of the molecule is CSc1ccc(CNC(=O)Nc2cc(Br)ccc2F)cc1. The molecule has 3 nitrogen and oxygen atoms in total. The Balaban J connectivity index is 1.91. The van der Waals surface area contributed by atoms with Gasteiger partial charge in [0.2, 0.25) is 0 Å². The Morgan fingerprint density at radius 2 is 1.95 bits per heavy atom. The summed E-state index contributed by atoms with van der Waals surface area (Å²) < 4.78 is 14.2. The molecule has 0 saturated heterocycles. The van der Waals surface area contributed by atoms with Gasteiger partial charge in [0.1, 0.15) is 5.82 Å². The molecular formula is C15H14BrFN2OS.